The molecule has 2 aliphatic heterocycles. The van der Waals surface area contributed by atoms with Crippen LogP contribution in [0.1, 0.15) is 57.4 Å². The van der Waals surface area contributed by atoms with Gasteiger partial charge < -0.3 is 14.6 Å². The average molecular weight is 318 g/mol. The summed E-state index contributed by atoms with van der Waals surface area (Å²) in [6.07, 6.45) is 9.81. The first kappa shape index (κ1) is 16.8. The Bertz CT molecular complexity index is 501. The Kier molecular flexibility index (Phi) is 5.60. The molecule has 2 aliphatic rings. The lowest BCUT2D eigenvalue weighted by molar-refractivity contribution is -0.0729. The number of hydrogen-bond donors (Lipinski definition) is 1. The molecule has 2 bridgehead atoms. The van der Waals surface area contributed by atoms with Crippen molar-refractivity contribution in [2.45, 2.75) is 70.0 Å². The quantitative estimate of drug-likeness (QED) is 0.683. The molecular weight excluding hydrogens is 288 g/mol. The van der Waals surface area contributed by atoms with Crippen molar-refractivity contribution in [2.24, 2.45) is 5.92 Å². The van der Waals surface area contributed by atoms with Gasteiger partial charge in [0, 0.05) is 6.61 Å². The van der Waals surface area contributed by atoms with E-state index in [1.54, 1.807) is 6.07 Å². The molecule has 1 aromatic rings. The maximum atomic E-state index is 9.67. The van der Waals surface area contributed by atoms with Crippen molar-refractivity contribution in [1.82, 2.24) is 0 Å². The molecule has 0 aromatic heterocycles. The van der Waals surface area contributed by atoms with E-state index in [-0.39, 0.29) is 5.60 Å². The van der Waals surface area contributed by atoms with Gasteiger partial charge in [-0.3, -0.25) is 0 Å². The lowest BCUT2D eigenvalue weighted by atomic mass is 9.76. The van der Waals surface area contributed by atoms with Gasteiger partial charge in [-0.1, -0.05) is 38.3 Å². The molecule has 0 spiro atoms. The number of hydrogen-bond acceptors (Lipinski definition) is 3. The van der Waals surface area contributed by atoms with Crippen molar-refractivity contribution in [2.75, 3.05) is 13.2 Å². The van der Waals surface area contributed by atoms with E-state index in [9.17, 15) is 5.11 Å². The summed E-state index contributed by atoms with van der Waals surface area (Å²) in [5.41, 5.74) is 1.12. The highest BCUT2D eigenvalue weighted by molar-refractivity contribution is 5.28. The van der Waals surface area contributed by atoms with E-state index in [1.807, 2.05) is 12.1 Å². The van der Waals surface area contributed by atoms with E-state index in [2.05, 4.69) is 13.0 Å². The molecule has 0 radical (unpaired) electrons. The number of rotatable bonds is 9. The van der Waals surface area contributed by atoms with E-state index < -0.39 is 0 Å². The molecule has 0 unspecified atom stereocenters. The van der Waals surface area contributed by atoms with E-state index in [1.165, 1.54) is 31.2 Å². The minimum absolute atomic E-state index is 0.0825. The van der Waals surface area contributed by atoms with E-state index >= 15 is 0 Å². The second-order valence-electron chi connectivity index (χ2n) is 7.26. The van der Waals surface area contributed by atoms with Crippen molar-refractivity contribution in [3.63, 3.8) is 0 Å². The molecule has 0 saturated carbocycles. The number of aromatic hydroxyl groups is 1. The predicted molar refractivity (Wildman–Crippen MR) is 91.7 cm³/mol. The first-order valence-electron chi connectivity index (χ1n) is 9.25. The van der Waals surface area contributed by atoms with Crippen molar-refractivity contribution in [1.29, 1.82) is 0 Å². The highest BCUT2D eigenvalue weighted by Crippen LogP contribution is 2.49. The van der Waals surface area contributed by atoms with Gasteiger partial charge in [0.1, 0.15) is 5.75 Å². The molecule has 2 heterocycles. The van der Waals surface area contributed by atoms with Gasteiger partial charge in [-0.25, -0.2) is 0 Å². The number of benzene rings is 1. The van der Waals surface area contributed by atoms with Crippen LogP contribution in [0.25, 0.3) is 0 Å². The second-order valence-corrected chi connectivity index (χ2v) is 7.26. The molecule has 3 atom stereocenters. The Hall–Kier alpha value is -1.06. The summed E-state index contributed by atoms with van der Waals surface area (Å²) in [6, 6.07) is 7.64. The van der Waals surface area contributed by atoms with Crippen molar-refractivity contribution < 1.29 is 14.6 Å². The standard InChI is InChI=1S/C20H30O3/c1-2-3-4-5-11-22-15-20-10-9-19(23-20)14-17(20)12-16-7-6-8-18(21)13-16/h6-8,13,17,19,21H,2-5,9-12,14-15H2,1H3/t17-,19+,20+/m0/s1. The Morgan fingerprint density at radius 1 is 1.30 bits per heavy atom. The fourth-order valence-corrected chi connectivity index (χ4v) is 4.19. The van der Waals surface area contributed by atoms with Crippen molar-refractivity contribution in [3.05, 3.63) is 29.8 Å². The lowest BCUT2D eigenvalue weighted by Crippen LogP contribution is -2.40. The molecule has 0 aliphatic carbocycles. The molecule has 128 valence electrons. The third-order valence-electron chi connectivity index (χ3n) is 5.46. The van der Waals surface area contributed by atoms with Crippen molar-refractivity contribution in [3.8, 4) is 5.75 Å². The van der Waals surface area contributed by atoms with E-state index in [0.717, 1.165) is 38.9 Å². The highest BCUT2D eigenvalue weighted by atomic mass is 16.6. The van der Waals surface area contributed by atoms with Gasteiger partial charge in [0.25, 0.3) is 0 Å². The summed E-state index contributed by atoms with van der Waals surface area (Å²) in [5.74, 6) is 0.867. The number of fused-ring (bicyclic) bond motifs is 2. The highest BCUT2D eigenvalue weighted by Gasteiger charge is 2.53. The second kappa shape index (κ2) is 7.67. The van der Waals surface area contributed by atoms with Crippen LogP contribution in [0.2, 0.25) is 0 Å². The van der Waals surface area contributed by atoms with E-state index in [4.69, 9.17) is 9.47 Å². The number of phenolic OH excluding ortho intramolecular Hbond substituents is 1. The molecule has 2 saturated heterocycles. The van der Waals surface area contributed by atoms with Crippen LogP contribution in [-0.4, -0.2) is 30.0 Å². The largest absolute Gasteiger partial charge is 0.508 e. The van der Waals surface area contributed by atoms with Crippen LogP contribution in [0, 0.1) is 5.92 Å². The summed E-state index contributed by atoms with van der Waals surface area (Å²) in [7, 11) is 0. The van der Waals surface area contributed by atoms with Crippen LogP contribution >= 0.6 is 0 Å². The van der Waals surface area contributed by atoms with Gasteiger partial charge in [-0.2, -0.15) is 0 Å². The van der Waals surface area contributed by atoms with Crippen LogP contribution < -0.4 is 0 Å². The van der Waals surface area contributed by atoms with Gasteiger partial charge in [-0.15, -0.1) is 0 Å². The molecule has 0 amide bonds. The monoisotopic (exact) mass is 318 g/mol. The minimum atomic E-state index is -0.0825. The molecule has 3 rings (SSSR count). The molecular formula is C20H30O3. The third-order valence-corrected chi connectivity index (χ3v) is 5.46. The average Bonchev–Trinajstić information content (AvgIpc) is 3.09. The predicted octanol–water partition coefficient (Wildman–Crippen LogP) is 4.47. The molecule has 23 heavy (non-hydrogen) atoms. The fraction of sp³-hybridized carbons (Fsp3) is 0.700. The maximum Gasteiger partial charge on any atom is 0.115 e. The molecule has 2 fully saturated rings. The fourth-order valence-electron chi connectivity index (χ4n) is 4.19. The normalized spacial score (nSPS) is 29.3. The summed E-state index contributed by atoms with van der Waals surface area (Å²) in [6.45, 7) is 3.82. The number of phenols is 1. The molecule has 1 aromatic carbocycles. The Morgan fingerprint density at radius 2 is 2.22 bits per heavy atom. The Morgan fingerprint density at radius 3 is 3.00 bits per heavy atom. The van der Waals surface area contributed by atoms with Crippen LogP contribution in [-0.2, 0) is 15.9 Å². The zero-order valence-electron chi connectivity index (χ0n) is 14.3. The topological polar surface area (TPSA) is 38.7 Å². The first-order chi connectivity index (χ1) is 11.2. The molecule has 3 nitrogen and oxygen atoms in total. The van der Waals surface area contributed by atoms with Gasteiger partial charge in [0.2, 0.25) is 0 Å². The van der Waals surface area contributed by atoms with Crippen LogP contribution in [0.15, 0.2) is 24.3 Å². The zero-order valence-corrected chi connectivity index (χ0v) is 14.3. The molecule has 3 heteroatoms. The van der Waals surface area contributed by atoms with Crippen LogP contribution in [0.3, 0.4) is 0 Å². The maximum absolute atomic E-state index is 9.67. The van der Waals surface area contributed by atoms with Gasteiger partial charge >= 0.3 is 0 Å². The summed E-state index contributed by atoms with van der Waals surface area (Å²) < 4.78 is 12.3. The molecule has 1 N–H and O–H groups in total. The summed E-state index contributed by atoms with van der Waals surface area (Å²) in [4.78, 5) is 0. The smallest absolute Gasteiger partial charge is 0.115 e. The van der Waals surface area contributed by atoms with Crippen LogP contribution in [0.5, 0.6) is 5.75 Å². The third kappa shape index (κ3) is 4.07. The minimum Gasteiger partial charge on any atom is -0.508 e. The number of ether oxygens (including phenoxy) is 2. The Labute approximate surface area is 140 Å². The first-order valence-corrected chi connectivity index (χ1v) is 9.25. The number of unbranched alkanes of at least 4 members (excludes halogenated alkanes) is 3. The van der Waals surface area contributed by atoms with Crippen molar-refractivity contribution >= 4 is 0 Å². The summed E-state index contributed by atoms with van der Waals surface area (Å²) >= 11 is 0. The SMILES string of the molecule is CCCCCCOC[C@]12CC[C@H](C[C@@H]1Cc1cccc(O)c1)O2. The Balaban J connectivity index is 1.53. The van der Waals surface area contributed by atoms with Crippen LogP contribution in [0.4, 0.5) is 0 Å². The van der Waals surface area contributed by atoms with Gasteiger partial charge in [0.15, 0.2) is 0 Å². The summed E-state index contributed by atoms with van der Waals surface area (Å²) in [5, 5.41) is 9.67. The lowest BCUT2D eigenvalue weighted by Gasteiger charge is -2.32. The van der Waals surface area contributed by atoms with Gasteiger partial charge in [0.05, 0.1) is 18.3 Å². The van der Waals surface area contributed by atoms with E-state index in [0.29, 0.717) is 17.8 Å². The van der Waals surface area contributed by atoms with Gasteiger partial charge in [-0.05, 0) is 55.7 Å². The zero-order chi connectivity index (χ0) is 16.1.